The monoisotopic (exact) mass is 188 g/mol. The highest BCUT2D eigenvalue weighted by Gasteiger charge is 2.36. The van der Waals surface area contributed by atoms with Gasteiger partial charge in [-0.25, -0.2) is 4.79 Å². The van der Waals surface area contributed by atoms with Crippen molar-refractivity contribution in [3.8, 4) is 0 Å². The maximum Gasteiger partial charge on any atom is 0.407 e. The number of hydrogen-bond acceptors (Lipinski definition) is 3. The molecule has 1 aliphatic heterocycles. The van der Waals surface area contributed by atoms with Gasteiger partial charge in [-0.1, -0.05) is 0 Å². The Hall–Kier alpha value is -0.810. The lowest BCUT2D eigenvalue weighted by atomic mass is 10.1. The fourth-order valence-electron chi connectivity index (χ4n) is 1.71. The van der Waals surface area contributed by atoms with Crippen molar-refractivity contribution in [2.45, 2.75) is 32.0 Å². The third-order valence-electron chi connectivity index (χ3n) is 2.38. The summed E-state index contributed by atoms with van der Waals surface area (Å²) >= 11 is 0. The zero-order valence-electron chi connectivity index (χ0n) is 7.95. The van der Waals surface area contributed by atoms with Crippen LogP contribution in [0.2, 0.25) is 0 Å². The molecular weight excluding hydrogens is 172 g/mol. The smallest absolute Gasteiger partial charge is 0.407 e. The summed E-state index contributed by atoms with van der Waals surface area (Å²) in [5, 5.41) is 21.2. The molecule has 3 N–H and O–H groups in total. The van der Waals surface area contributed by atoms with Crippen LogP contribution < -0.4 is 5.32 Å². The van der Waals surface area contributed by atoms with E-state index < -0.39 is 11.8 Å². The Kier molecular flexibility index (Phi) is 2.77. The lowest BCUT2D eigenvalue weighted by Gasteiger charge is -2.24. The molecule has 0 unspecified atom stereocenters. The zero-order valence-corrected chi connectivity index (χ0v) is 7.95. The van der Waals surface area contributed by atoms with E-state index >= 15 is 0 Å². The fraction of sp³-hybridized carbons (Fsp3) is 0.875. The average molecular weight is 188 g/mol. The number of rotatable bonds is 2. The number of hydrogen-bond donors (Lipinski definition) is 3. The Labute approximate surface area is 77.3 Å². The third kappa shape index (κ3) is 2.32. The first kappa shape index (κ1) is 10.3. The lowest BCUT2D eigenvalue weighted by Crippen LogP contribution is -2.40. The SMILES string of the molecule is CCN(C(=O)O)[C@@H]1CN[C@@](C)(O)C1. The van der Waals surface area contributed by atoms with Crippen molar-refractivity contribution in [2.75, 3.05) is 13.1 Å². The van der Waals surface area contributed by atoms with Gasteiger partial charge in [-0.15, -0.1) is 0 Å². The van der Waals surface area contributed by atoms with Crippen LogP contribution in [0.25, 0.3) is 0 Å². The number of likely N-dealkylation sites (N-methyl/N-ethyl adjacent to an activating group) is 1. The second-order valence-corrected chi connectivity index (χ2v) is 3.58. The summed E-state index contributed by atoms with van der Waals surface area (Å²) < 4.78 is 0. The van der Waals surface area contributed by atoms with Crippen molar-refractivity contribution in [3.05, 3.63) is 0 Å². The van der Waals surface area contributed by atoms with Gasteiger partial charge in [-0.2, -0.15) is 0 Å². The van der Waals surface area contributed by atoms with E-state index in [2.05, 4.69) is 5.32 Å². The van der Waals surface area contributed by atoms with Crippen molar-refractivity contribution in [2.24, 2.45) is 0 Å². The number of carboxylic acid groups (broad SMARTS) is 1. The molecule has 76 valence electrons. The molecule has 2 atom stereocenters. The maximum absolute atomic E-state index is 10.7. The van der Waals surface area contributed by atoms with E-state index in [0.29, 0.717) is 19.5 Å². The Bertz CT molecular complexity index is 206. The zero-order chi connectivity index (χ0) is 10.1. The highest BCUT2D eigenvalue weighted by Crippen LogP contribution is 2.20. The van der Waals surface area contributed by atoms with Gasteiger partial charge < -0.3 is 15.1 Å². The van der Waals surface area contributed by atoms with Crippen molar-refractivity contribution in [1.29, 1.82) is 0 Å². The Morgan fingerprint density at radius 3 is 2.69 bits per heavy atom. The second kappa shape index (κ2) is 3.51. The normalized spacial score (nSPS) is 33.3. The van der Waals surface area contributed by atoms with Gasteiger partial charge in [0.15, 0.2) is 0 Å². The molecule has 5 nitrogen and oxygen atoms in total. The van der Waals surface area contributed by atoms with E-state index in [9.17, 15) is 9.90 Å². The van der Waals surface area contributed by atoms with E-state index in [1.165, 1.54) is 4.90 Å². The van der Waals surface area contributed by atoms with Crippen LogP contribution in [0, 0.1) is 0 Å². The molecule has 0 spiro atoms. The van der Waals surface area contributed by atoms with Crippen molar-refractivity contribution < 1.29 is 15.0 Å². The molecule has 0 aromatic rings. The van der Waals surface area contributed by atoms with Gasteiger partial charge >= 0.3 is 6.09 Å². The predicted octanol–water partition coefficient (Wildman–Crippen LogP) is 0.0567. The Morgan fingerprint density at radius 2 is 2.38 bits per heavy atom. The van der Waals surface area contributed by atoms with Gasteiger partial charge in [0.05, 0.1) is 6.04 Å². The summed E-state index contributed by atoms with van der Waals surface area (Å²) in [6.07, 6.45) is -0.473. The van der Waals surface area contributed by atoms with Gasteiger partial charge in [-0.3, -0.25) is 5.32 Å². The van der Waals surface area contributed by atoms with E-state index in [0.717, 1.165) is 0 Å². The number of aliphatic hydroxyl groups is 1. The molecule has 0 aromatic carbocycles. The van der Waals surface area contributed by atoms with Gasteiger partial charge in [0, 0.05) is 19.5 Å². The van der Waals surface area contributed by atoms with E-state index in [4.69, 9.17) is 5.11 Å². The molecule has 1 amide bonds. The number of carbonyl (C=O) groups is 1. The second-order valence-electron chi connectivity index (χ2n) is 3.58. The predicted molar refractivity (Wildman–Crippen MR) is 47.4 cm³/mol. The van der Waals surface area contributed by atoms with E-state index in [1.807, 2.05) is 0 Å². The summed E-state index contributed by atoms with van der Waals surface area (Å²) in [5.74, 6) is 0. The molecule has 0 radical (unpaired) electrons. The van der Waals surface area contributed by atoms with Crippen LogP contribution in [0.4, 0.5) is 4.79 Å². The quantitative estimate of drug-likeness (QED) is 0.573. The van der Waals surface area contributed by atoms with Crippen LogP contribution in [0.1, 0.15) is 20.3 Å². The van der Waals surface area contributed by atoms with Crippen LogP contribution in [-0.2, 0) is 0 Å². The van der Waals surface area contributed by atoms with Crippen LogP contribution in [0.3, 0.4) is 0 Å². The molecule has 0 aliphatic carbocycles. The van der Waals surface area contributed by atoms with Crippen molar-refractivity contribution in [1.82, 2.24) is 10.2 Å². The Balaban J connectivity index is 2.58. The first-order valence-corrected chi connectivity index (χ1v) is 4.43. The summed E-state index contributed by atoms with van der Waals surface area (Å²) in [5.41, 5.74) is -0.923. The summed E-state index contributed by atoms with van der Waals surface area (Å²) in [7, 11) is 0. The summed E-state index contributed by atoms with van der Waals surface area (Å²) in [4.78, 5) is 12.1. The highest BCUT2D eigenvalue weighted by molar-refractivity contribution is 5.65. The molecule has 0 saturated carbocycles. The minimum absolute atomic E-state index is 0.113. The van der Waals surface area contributed by atoms with Gasteiger partial charge in [0.2, 0.25) is 0 Å². The first-order chi connectivity index (χ1) is 5.96. The average Bonchev–Trinajstić information content (AvgIpc) is 2.31. The Morgan fingerprint density at radius 1 is 1.77 bits per heavy atom. The van der Waals surface area contributed by atoms with Gasteiger partial charge in [-0.05, 0) is 13.8 Å². The molecule has 1 aliphatic rings. The number of nitrogens with zero attached hydrogens (tertiary/aromatic N) is 1. The summed E-state index contributed by atoms with van der Waals surface area (Å²) in [6.45, 7) is 4.43. The molecule has 1 rings (SSSR count). The lowest BCUT2D eigenvalue weighted by molar-refractivity contribution is 0.0374. The molecule has 5 heteroatoms. The minimum Gasteiger partial charge on any atom is -0.465 e. The molecule has 0 aromatic heterocycles. The highest BCUT2D eigenvalue weighted by atomic mass is 16.4. The van der Waals surface area contributed by atoms with Gasteiger partial charge in [0.25, 0.3) is 0 Å². The third-order valence-corrected chi connectivity index (χ3v) is 2.38. The first-order valence-electron chi connectivity index (χ1n) is 4.43. The summed E-state index contributed by atoms with van der Waals surface area (Å²) in [6, 6.07) is -0.113. The van der Waals surface area contributed by atoms with Crippen molar-refractivity contribution >= 4 is 6.09 Å². The van der Waals surface area contributed by atoms with Gasteiger partial charge in [0.1, 0.15) is 5.72 Å². The molecule has 13 heavy (non-hydrogen) atoms. The largest absolute Gasteiger partial charge is 0.465 e. The van der Waals surface area contributed by atoms with Crippen LogP contribution in [-0.4, -0.2) is 46.1 Å². The number of nitrogens with one attached hydrogen (secondary N) is 1. The minimum atomic E-state index is -0.924. The van der Waals surface area contributed by atoms with E-state index in [-0.39, 0.29) is 6.04 Å². The fourth-order valence-corrected chi connectivity index (χ4v) is 1.71. The van der Waals surface area contributed by atoms with Crippen LogP contribution in [0.15, 0.2) is 0 Å². The standard InChI is InChI=1S/C8H16N2O3/c1-3-10(7(11)12)6-4-8(2,13)9-5-6/h6,9,13H,3-5H2,1-2H3,(H,11,12)/t6-,8-/m0/s1. The maximum atomic E-state index is 10.7. The number of amides is 1. The molecular formula is C8H16N2O3. The molecule has 1 saturated heterocycles. The van der Waals surface area contributed by atoms with Crippen molar-refractivity contribution in [3.63, 3.8) is 0 Å². The van der Waals surface area contributed by atoms with Crippen LogP contribution in [0.5, 0.6) is 0 Å². The molecule has 1 heterocycles. The molecule has 0 bridgehead atoms. The topological polar surface area (TPSA) is 72.8 Å². The van der Waals surface area contributed by atoms with Crippen LogP contribution >= 0.6 is 0 Å². The molecule has 1 fully saturated rings. The van der Waals surface area contributed by atoms with E-state index in [1.54, 1.807) is 13.8 Å².